The number of aliphatic hydroxyl groups excluding tert-OH is 5. The van der Waals surface area contributed by atoms with Gasteiger partial charge in [0.05, 0.1) is 25.4 Å². The Morgan fingerprint density at radius 2 is 1.04 bits per heavy atom. The zero-order valence-electron chi connectivity index (χ0n) is 34.3. The molecule has 0 aliphatic carbocycles. The number of amides is 1. The second-order valence-electron chi connectivity index (χ2n) is 15.9. The van der Waals surface area contributed by atoms with Crippen molar-refractivity contribution < 1.29 is 39.8 Å². The SMILES string of the molecule is CCCCCCC/C=C/C(O)C(COC1OC(CO)C(O)C(O)C1O)NC(=O)CCCCCCCCCCCCCCCCCCCCCCCCC. The third-order valence-corrected chi connectivity index (χ3v) is 10.9. The highest BCUT2D eigenvalue weighted by atomic mass is 16.7. The maximum Gasteiger partial charge on any atom is 0.220 e. The fourth-order valence-electron chi connectivity index (χ4n) is 7.21. The van der Waals surface area contributed by atoms with Crippen LogP contribution >= 0.6 is 0 Å². The first-order chi connectivity index (χ1) is 25.8. The zero-order valence-corrected chi connectivity index (χ0v) is 34.3. The number of carbonyl (C=O) groups excluding carboxylic acids is 1. The van der Waals surface area contributed by atoms with Crippen LogP contribution in [0.1, 0.15) is 206 Å². The molecule has 0 bridgehead atoms. The van der Waals surface area contributed by atoms with E-state index in [1.54, 1.807) is 6.08 Å². The third-order valence-electron chi connectivity index (χ3n) is 10.9. The Morgan fingerprint density at radius 1 is 0.623 bits per heavy atom. The molecule has 0 saturated carbocycles. The molecule has 1 amide bonds. The maximum atomic E-state index is 12.9. The predicted octanol–water partition coefficient (Wildman–Crippen LogP) is 8.95. The molecule has 1 rings (SSSR count). The molecule has 0 aromatic heterocycles. The Morgan fingerprint density at radius 3 is 1.47 bits per heavy atom. The Kier molecular flexibility index (Phi) is 33.3. The molecule has 0 spiro atoms. The fourth-order valence-corrected chi connectivity index (χ4v) is 7.21. The van der Waals surface area contributed by atoms with E-state index in [4.69, 9.17) is 9.47 Å². The molecule has 314 valence electrons. The molecule has 0 aromatic carbocycles. The first-order valence-electron chi connectivity index (χ1n) is 22.4. The molecule has 9 nitrogen and oxygen atoms in total. The molecule has 1 saturated heterocycles. The number of ether oxygens (including phenoxy) is 2. The lowest BCUT2D eigenvalue weighted by molar-refractivity contribution is -0.302. The summed E-state index contributed by atoms with van der Waals surface area (Å²) in [5, 5.41) is 53.8. The molecule has 0 aromatic rings. The zero-order chi connectivity index (χ0) is 38.8. The minimum atomic E-state index is -1.56. The molecule has 7 unspecified atom stereocenters. The van der Waals surface area contributed by atoms with Crippen molar-refractivity contribution in [2.45, 2.75) is 249 Å². The van der Waals surface area contributed by atoms with Gasteiger partial charge in [-0.2, -0.15) is 0 Å². The van der Waals surface area contributed by atoms with Gasteiger partial charge in [-0.15, -0.1) is 0 Å². The highest BCUT2D eigenvalue weighted by Gasteiger charge is 2.44. The minimum absolute atomic E-state index is 0.178. The standard InChI is InChI=1S/C44H85NO8/c1-3-5-7-9-11-12-13-14-15-16-17-18-19-20-21-22-23-24-25-26-28-30-32-34-40(48)45-37(38(47)33-31-29-27-10-8-6-4-2)36-52-44-43(51)42(50)41(49)39(35-46)53-44/h31,33,37-39,41-44,46-47,49-51H,3-30,32,34-36H2,1-2H3,(H,45,48)/b33-31+. The van der Waals surface area contributed by atoms with Gasteiger partial charge in [0.1, 0.15) is 24.4 Å². The van der Waals surface area contributed by atoms with Crippen LogP contribution in [0.2, 0.25) is 0 Å². The molecule has 53 heavy (non-hydrogen) atoms. The molecule has 7 atom stereocenters. The highest BCUT2D eigenvalue weighted by molar-refractivity contribution is 5.76. The van der Waals surface area contributed by atoms with Crippen LogP contribution in [0.15, 0.2) is 12.2 Å². The molecular weight excluding hydrogens is 670 g/mol. The van der Waals surface area contributed by atoms with Gasteiger partial charge in [-0.3, -0.25) is 4.79 Å². The fraction of sp³-hybridized carbons (Fsp3) is 0.932. The monoisotopic (exact) mass is 756 g/mol. The van der Waals surface area contributed by atoms with E-state index in [-0.39, 0.29) is 12.5 Å². The quantitative estimate of drug-likeness (QED) is 0.0272. The van der Waals surface area contributed by atoms with Gasteiger partial charge in [-0.1, -0.05) is 193 Å². The van der Waals surface area contributed by atoms with Crippen molar-refractivity contribution in [3.05, 3.63) is 12.2 Å². The summed E-state index contributed by atoms with van der Waals surface area (Å²) in [6.45, 7) is 3.72. The number of allylic oxidation sites excluding steroid dienone is 1. The molecule has 6 N–H and O–H groups in total. The summed E-state index contributed by atoms with van der Waals surface area (Å²) in [5.41, 5.74) is 0. The van der Waals surface area contributed by atoms with Gasteiger partial charge >= 0.3 is 0 Å². The predicted molar refractivity (Wildman–Crippen MR) is 217 cm³/mol. The van der Waals surface area contributed by atoms with Crippen molar-refractivity contribution in [3.63, 3.8) is 0 Å². The van der Waals surface area contributed by atoms with Gasteiger partial charge in [0.2, 0.25) is 5.91 Å². The van der Waals surface area contributed by atoms with E-state index in [2.05, 4.69) is 19.2 Å². The summed E-state index contributed by atoms with van der Waals surface area (Å²) in [5.74, 6) is -0.178. The molecule has 1 fully saturated rings. The van der Waals surface area contributed by atoms with Crippen molar-refractivity contribution in [1.29, 1.82) is 0 Å². The summed E-state index contributed by atoms with van der Waals surface area (Å²) < 4.78 is 11.1. The number of unbranched alkanes of at least 4 members (excludes halogenated alkanes) is 27. The van der Waals surface area contributed by atoms with E-state index in [0.717, 1.165) is 38.5 Å². The topological polar surface area (TPSA) is 149 Å². The van der Waals surface area contributed by atoms with Gasteiger partial charge in [0, 0.05) is 6.42 Å². The molecular formula is C44H85NO8. The van der Waals surface area contributed by atoms with Crippen LogP contribution in [-0.4, -0.2) is 87.5 Å². The highest BCUT2D eigenvalue weighted by Crippen LogP contribution is 2.23. The first-order valence-corrected chi connectivity index (χ1v) is 22.4. The smallest absolute Gasteiger partial charge is 0.220 e. The lowest BCUT2D eigenvalue weighted by Crippen LogP contribution is -2.60. The van der Waals surface area contributed by atoms with Crippen LogP contribution in [0.4, 0.5) is 0 Å². The largest absolute Gasteiger partial charge is 0.394 e. The summed E-state index contributed by atoms with van der Waals surface area (Å²) >= 11 is 0. The minimum Gasteiger partial charge on any atom is -0.394 e. The van der Waals surface area contributed by atoms with Crippen molar-refractivity contribution in [1.82, 2.24) is 5.32 Å². The van der Waals surface area contributed by atoms with Gasteiger partial charge in [0.15, 0.2) is 6.29 Å². The van der Waals surface area contributed by atoms with Crippen molar-refractivity contribution in [3.8, 4) is 0 Å². The lowest BCUT2D eigenvalue weighted by Gasteiger charge is -2.40. The van der Waals surface area contributed by atoms with Crippen LogP contribution in [0, 0.1) is 0 Å². The van der Waals surface area contributed by atoms with Gasteiger partial charge in [-0.25, -0.2) is 0 Å². The van der Waals surface area contributed by atoms with Crippen LogP contribution in [-0.2, 0) is 14.3 Å². The van der Waals surface area contributed by atoms with Crippen molar-refractivity contribution in [2.75, 3.05) is 13.2 Å². The number of nitrogens with one attached hydrogen (secondary N) is 1. The summed E-state index contributed by atoms with van der Waals surface area (Å²) in [7, 11) is 0. The number of rotatable bonds is 37. The maximum absolute atomic E-state index is 12.9. The number of aliphatic hydroxyl groups is 5. The van der Waals surface area contributed by atoms with E-state index in [9.17, 15) is 30.3 Å². The first kappa shape index (κ1) is 49.9. The lowest BCUT2D eigenvalue weighted by atomic mass is 9.99. The molecule has 1 heterocycles. The number of hydrogen-bond acceptors (Lipinski definition) is 8. The summed E-state index contributed by atoms with van der Waals surface area (Å²) in [4.78, 5) is 12.9. The van der Waals surface area contributed by atoms with Crippen LogP contribution in [0.5, 0.6) is 0 Å². The number of hydrogen-bond donors (Lipinski definition) is 6. The van der Waals surface area contributed by atoms with E-state index >= 15 is 0 Å². The van der Waals surface area contributed by atoms with E-state index < -0.39 is 49.5 Å². The Hall–Kier alpha value is -1.07. The summed E-state index contributed by atoms with van der Waals surface area (Å²) in [6, 6.07) is -0.796. The summed E-state index contributed by atoms with van der Waals surface area (Å²) in [6.07, 6.45) is 32.9. The van der Waals surface area contributed by atoms with Crippen LogP contribution < -0.4 is 5.32 Å². The van der Waals surface area contributed by atoms with Crippen LogP contribution in [0.3, 0.4) is 0 Å². The third kappa shape index (κ3) is 26.4. The van der Waals surface area contributed by atoms with E-state index in [1.165, 1.54) is 148 Å². The van der Waals surface area contributed by atoms with Gasteiger partial charge in [0.25, 0.3) is 0 Å². The molecule has 0 radical (unpaired) electrons. The van der Waals surface area contributed by atoms with Crippen LogP contribution in [0.25, 0.3) is 0 Å². The molecule has 1 aliphatic rings. The van der Waals surface area contributed by atoms with E-state index in [0.29, 0.717) is 6.42 Å². The molecule has 1 aliphatic heterocycles. The Labute approximate surface area is 325 Å². The van der Waals surface area contributed by atoms with Crippen molar-refractivity contribution >= 4 is 5.91 Å². The second kappa shape index (κ2) is 35.4. The second-order valence-corrected chi connectivity index (χ2v) is 15.9. The van der Waals surface area contributed by atoms with E-state index in [1.807, 2.05) is 6.08 Å². The Balaban J connectivity index is 2.18. The van der Waals surface area contributed by atoms with Gasteiger partial charge in [-0.05, 0) is 19.3 Å². The Bertz CT molecular complexity index is 842. The normalized spacial score (nSPS) is 21.7. The van der Waals surface area contributed by atoms with Crippen molar-refractivity contribution in [2.24, 2.45) is 0 Å². The van der Waals surface area contributed by atoms with Gasteiger partial charge < -0.3 is 40.3 Å². The molecule has 9 heteroatoms. The average Bonchev–Trinajstić information content (AvgIpc) is 3.16. The number of carbonyl (C=O) groups is 1. The average molecular weight is 756 g/mol.